The van der Waals surface area contributed by atoms with Gasteiger partial charge in [0, 0.05) is 6.54 Å². The molecule has 1 fully saturated rings. The summed E-state index contributed by atoms with van der Waals surface area (Å²) >= 11 is 0. The summed E-state index contributed by atoms with van der Waals surface area (Å²) in [7, 11) is 0. The van der Waals surface area contributed by atoms with E-state index < -0.39 is 0 Å². The van der Waals surface area contributed by atoms with E-state index in [-0.39, 0.29) is 18.2 Å². The van der Waals surface area contributed by atoms with E-state index in [4.69, 9.17) is 14.2 Å². The summed E-state index contributed by atoms with van der Waals surface area (Å²) in [6.45, 7) is 7.09. The van der Waals surface area contributed by atoms with Crippen LogP contribution >= 0.6 is 0 Å². The summed E-state index contributed by atoms with van der Waals surface area (Å²) in [4.78, 5) is 0. The number of rotatable bonds is 10. The normalized spacial score (nSPS) is 20.9. The van der Waals surface area contributed by atoms with Crippen LogP contribution in [0.25, 0.3) is 0 Å². The number of hydrogen-bond donors (Lipinski definition) is 1. The molecule has 166 valence electrons. The lowest BCUT2D eigenvalue weighted by Gasteiger charge is -2.39. The first-order valence-electron chi connectivity index (χ1n) is 11.1. The van der Waals surface area contributed by atoms with Crippen molar-refractivity contribution in [3.8, 4) is 0 Å². The maximum absolute atomic E-state index is 6.43. The SMILES string of the molecule is C=C1CN[C@@H](COCc2ccccc2)[C@@H](OCc2ccccc2)[C@@H]1OCc1ccccc1. The standard InChI is InChI=1S/C28H31NO3/c1-22-17-29-26(21-30-18-23-11-5-2-6-12-23)28(32-20-25-15-9-4-10-16-25)27(22)31-19-24-13-7-3-8-14-24/h2-16,26-29H,1,17-21H2/t26-,27+,28+/m0/s1. The van der Waals surface area contributed by atoms with E-state index in [1.54, 1.807) is 0 Å². The maximum Gasteiger partial charge on any atom is 0.108 e. The molecule has 1 saturated heterocycles. The molecule has 4 nitrogen and oxygen atoms in total. The number of ether oxygens (including phenoxy) is 3. The van der Waals surface area contributed by atoms with Crippen LogP contribution in [0.1, 0.15) is 16.7 Å². The Morgan fingerprint density at radius 1 is 0.688 bits per heavy atom. The lowest BCUT2D eigenvalue weighted by atomic mass is 9.94. The Kier molecular flexibility index (Phi) is 8.23. The molecule has 4 heteroatoms. The zero-order valence-electron chi connectivity index (χ0n) is 18.4. The summed E-state index contributed by atoms with van der Waals surface area (Å²) in [5.74, 6) is 0. The summed E-state index contributed by atoms with van der Waals surface area (Å²) in [5, 5.41) is 3.54. The molecule has 0 aliphatic carbocycles. The molecule has 0 radical (unpaired) electrons. The van der Waals surface area contributed by atoms with Gasteiger partial charge in [0.2, 0.25) is 0 Å². The topological polar surface area (TPSA) is 39.7 Å². The summed E-state index contributed by atoms with van der Waals surface area (Å²) in [5.41, 5.74) is 4.43. The van der Waals surface area contributed by atoms with E-state index >= 15 is 0 Å². The number of hydrogen-bond acceptors (Lipinski definition) is 4. The van der Waals surface area contributed by atoms with Crippen LogP contribution in [0.2, 0.25) is 0 Å². The maximum atomic E-state index is 6.43. The molecule has 3 aromatic rings. The molecule has 0 spiro atoms. The quantitative estimate of drug-likeness (QED) is 0.465. The van der Waals surface area contributed by atoms with Crippen molar-refractivity contribution in [3.63, 3.8) is 0 Å². The highest BCUT2D eigenvalue weighted by Gasteiger charge is 2.37. The van der Waals surface area contributed by atoms with Gasteiger partial charge in [-0.3, -0.25) is 0 Å². The van der Waals surface area contributed by atoms with Crippen molar-refractivity contribution in [2.45, 2.75) is 38.1 Å². The second-order valence-electron chi connectivity index (χ2n) is 8.12. The van der Waals surface area contributed by atoms with E-state index in [0.717, 1.165) is 22.3 Å². The Morgan fingerprint density at radius 3 is 1.75 bits per heavy atom. The van der Waals surface area contributed by atoms with E-state index in [1.165, 1.54) is 0 Å². The first kappa shape index (κ1) is 22.4. The van der Waals surface area contributed by atoms with Crippen molar-refractivity contribution < 1.29 is 14.2 Å². The Hall–Kier alpha value is -2.76. The fourth-order valence-electron chi connectivity index (χ4n) is 3.90. The van der Waals surface area contributed by atoms with E-state index in [1.807, 2.05) is 54.6 Å². The van der Waals surface area contributed by atoms with Crippen LogP contribution in [0, 0.1) is 0 Å². The van der Waals surface area contributed by atoms with Crippen LogP contribution in [-0.4, -0.2) is 31.4 Å². The molecule has 3 aromatic carbocycles. The fourth-order valence-corrected chi connectivity index (χ4v) is 3.90. The predicted octanol–water partition coefficient (Wildman–Crippen LogP) is 4.90. The zero-order valence-corrected chi connectivity index (χ0v) is 18.4. The Balaban J connectivity index is 1.43. The molecule has 1 N–H and O–H groups in total. The average Bonchev–Trinajstić information content (AvgIpc) is 2.85. The molecular weight excluding hydrogens is 398 g/mol. The van der Waals surface area contributed by atoms with E-state index in [0.29, 0.717) is 33.0 Å². The third kappa shape index (κ3) is 6.38. The van der Waals surface area contributed by atoms with Gasteiger partial charge in [0.25, 0.3) is 0 Å². The van der Waals surface area contributed by atoms with Crippen LogP contribution in [0.4, 0.5) is 0 Å². The number of piperidine rings is 1. The van der Waals surface area contributed by atoms with Gasteiger partial charge in [0.1, 0.15) is 12.2 Å². The molecule has 0 bridgehead atoms. The first-order valence-corrected chi connectivity index (χ1v) is 11.1. The molecule has 1 heterocycles. The molecule has 0 unspecified atom stereocenters. The minimum atomic E-state index is -0.203. The van der Waals surface area contributed by atoms with Crippen LogP contribution in [0.3, 0.4) is 0 Å². The molecule has 4 rings (SSSR count). The largest absolute Gasteiger partial charge is 0.375 e. The molecule has 0 aromatic heterocycles. The van der Waals surface area contributed by atoms with Gasteiger partial charge in [-0.05, 0) is 22.3 Å². The molecule has 0 saturated carbocycles. The summed E-state index contributed by atoms with van der Waals surface area (Å²) in [6.07, 6.45) is -0.401. The highest BCUT2D eigenvalue weighted by atomic mass is 16.5. The molecule has 1 aliphatic rings. The molecule has 32 heavy (non-hydrogen) atoms. The highest BCUT2D eigenvalue weighted by Crippen LogP contribution is 2.24. The van der Waals surface area contributed by atoms with Gasteiger partial charge in [0.05, 0.1) is 32.5 Å². The van der Waals surface area contributed by atoms with Crippen molar-refractivity contribution in [1.29, 1.82) is 0 Å². The minimum Gasteiger partial charge on any atom is -0.375 e. The van der Waals surface area contributed by atoms with Gasteiger partial charge in [-0.1, -0.05) is 97.6 Å². The highest BCUT2D eigenvalue weighted by molar-refractivity contribution is 5.18. The van der Waals surface area contributed by atoms with Gasteiger partial charge >= 0.3 is 0 Å². The molecule has 3 atom stereocenters. The van der Waals surface area contributed by atoms with Gasteiger partial charge < -0.3 is 19.5 Å². The van der Waals surface area contributed by atoms with Gasteiger partial charge in [-0.15, -0.1) is 0 Å². The third-order valence-electron chi connectivity index (χ3n) is 5.66. The Morgan fingerprint density at radius 2 is 1.19 bits per heavy atom. The van der Waals surface area contributed by atoms with E-state index in [9.17, 15) is 0 Å². The first-order chi connectivity index (χ1) is 15.8. The smallest absolute Gasteiger partial charge is 0.108 e. The van der Waals surface area contributed by atoms with Crippen LogP contribution < -0.4 is 5.32 Å². The van der Waals surface area contributed by atoms with E-state index in [2.05, 4.69) is 48.3 Å². The Bertz CT molecular complexity index is 946. The molecule has 1 aliphatic heterocycles. The van der Waals surface area contributed by atoms with Crippen molar-refractivity contribution in [2.75, 3.05) is 13.2 Å². The zero-order chi connectivity index (χ0) is 22.0. The second-order valence-corrected chi connectivity index (χ2v) is 8.12. The van der Waals surface area contributed by atoms with Crippen LogP contribution in [-0.2, 0) is 34.0 Å². The average molecular weight is 430 g/mol. The van der Waals surface area contributed by atoms with Crippen molar-refractivity contribution >= 4 is 0 Å². The van der Waals surface area contributed by atoms with Crippen molar-refractivity contribution in [1.82, 2.24) is 5.32 Å². The monoisotopic (exact) mass is 429 g/mol. The third-order valence-corrected chi connectivity index (χ3v) is 5.66. The van der Waals surface area contributed by atoms with Gasteiger partial charge in [-0.25, -0.2) is 0 Å². The van der Waals surface area contributed by atoms with Crippen molar-refractivity contribution in [2.24, 2.45) is 0 Å². The summed E-state index contributed by atoms with van der Waals surface area (Å²) in [6, 6.07) is 30.7. The molecule has 0 amide bonds. The molecular formula is C28H31NO3. The van der Waals surface area contributed by atoms with Crippen molar-refractivity contribution in [3.05, 3.63) is 120 Å². The lowest BCUT2D eigenvalue weighted by Crippen LogP contribution is -2.57. The van der Waals surface area contributed by atoms with Gasteiger partial charge in [-0.2, -0.15) is 0 Å². The predicted molar refractivity (Wildman–Crippen MR) is 127 cm³/mol. The van der Waals surface area contributed by atoms with Crippen LogP contribution in [0.15, 0.2) is 103 Å². The lowest BCUT2D eigenvalue weighted by molar-refractivity contribution is -0.106. The minimum absolute atomic E-state index is 0.00805. The number of benzene rings is 3. The second kappa shape index (κ2) is 11.7. The fraction of sp³-hybridized carbons (Fsp3) is 0.286. The van der Waals surface area contributed by atoms with Crippen LogP contribution in [0.5, 0.6) is 0 Å². The summed E-state index contributed by atoms with van der Waals surface area (Å²) < 4.78 is 18.8. The Labute approximate surface area is 190 Å². The number of nitrogens with one attached hydrogen (secondary N) is 1. The van der Waals surface area contributed by atoms with Gasteiger partial charge in [0.15, 0.2) is 0 Å².